The van der Waals surface area contributed by atoms with Crippen LogP contribution in [0.4, 0.5) is 0 Å². The van der Waals surface area contributed by atoms with E-state index in [9.17, 15) is 4.79 Å². The number of amides is 1. The number of allylic oxidation sites excluding steroid dienone is 1. The minimum Gasteiger partial charge on any atom is -0.381 e. The Hall–Kier alpha value is -0.870. The maximum atomic E-state index is 10.9. The second-order valence-electron chi connectivity index (χ2n) is 6.16. The molecule has 0 unspecified atom stereocenters. The van der Waals surface area contributed by atoms with E-state index in [0.717, 1.165) is 38.9 Å². The van der Waals surface area contributed by atoms with Gasteiger partial charge in [0.2, 0.25) is 5.91 Å². The van der Waals surface area contributed by atoms with Crippen LogP contribution in [0.15, 0.2) is 12.2 Å². The van der Waals surface area contributed by atoms with Crippen LogP contribution < -0.4 is 11.3 Å². The molecule has 0 rings (SSSR count). The Morgan fingerprint density at radius 1 is 0.870 bits per heavy atom. The number of unbranched alkanes of at least 4 members (excludes halogenated alkanes) is 9. The Morgan fingerprint density at radius 2 is 1.52 bits per heavy atom. The summed E-state index contributed by atoms with van der Waals surface area (Å²) >= 11 is 0. The first-order valence-corrected chi connectivity index (χ1v) is 9.53. The molecule has 0 aliphatic rings. The Kier molecular flexibility index (Phi) is 18.5. The second kappa shape index (κ2) is 19.2. The Balaban J connectivity index is 3.06. The van der Waals surface area contributed by atoms with Gasteiger partial charge in [0.25, 0.3) is 0 Å². The van der Waals surface area contributed by atoms with E-state index in [1.807, 2.05) is 0 Å². The van der Waals surface area contributed by atoms with Crippen LogP contribution in [-0.2, 0) is 9.53 Å². The van der Waals surface area contributed by atoms with Crippen LogP contribution in [0.2, 0.25) is 0 Å². The number of carbonyl (C=O) groups excluding carboxylic acids is 1. The highest BCUT2D eigenvalue weighted by Gasteiger charge is 1.97. The van der Waals surface area contributed by atoms with Crippen molar-refractivity contribution in [1.29, 1.82) is 0 Å². The van der Waals surface area contributed by atoms with Gasteiger partial charge in [-0.05, 0) is 32.1 Å². The lowest BCUT2D eigenvalue weighted by Crippen LogP contribution is -2.29. The van der Waals surface area contributed by atoms with Gasteiger partial charge in [0.1, 0.15) is 0 Å². The van der Waals surface area contributed by atoms with Gasteiger partial charge in [-0.3, -0.25) is 10.2 Å². The molecule has 1 amide bonds. The third-order valence-electron chi connectivity index (χ3n) is 3.92. The van der Waals surface area contributed by atoms with Gasteiger partial charge in [-0.15, -0.1) is 0 Å². The number of carbonyl (C=O) groups is 1. The molecule has 0 aliphatic carbocycles. The Labute approximate surface area is 143 Å². The van der Waals surface area contributed by atoms with Gasteiger partial charge in [-0.2, -0.15) is 0 Å². The zero-order chi connectivity index (χ0) is 17.0. The molecular formula is C19H38N2O2. The fourth-order valence-electron chi connectivity index (χ4n) is 2.45. The van der Waals surface area contributed by atoms with Crippen molar-refractivity contribution in [3.63, 3.8) is 0 Å². The largest absolute Gasteiger partial charge is 0.381 e. The molecule has 0 aliphatic heterocycles. The molecule has 4 heteroatoms. The van der Waals surface area contributed by atoms with Crippen molar-refractivity contribution < 1.29 is 9.53 Å². The molecule has 0 aromatic carbocycles. The molecule has 0 spiro atoms. The van der Waals surface area contributed by atoms with Crippen LogP contribution in [0.5, 0.6) is 0 Å². The van der Waals surface area contributed by atoms with Gasteiger partial charge in [0.15, 0.2) is 0 Å². The van der Waals surface area contributed by atoms with Crippen molar-refractivity contribution in [2.45, 2.75) is 90.4 Å². The van der Waals surface area contributed by atoms with Gasteiger partial charge in [-0.25, -0.2) is 5.84 Å². The fraction of sp³-hybridized carbons (Fsp3) is 0.842. The van der Waals surface area contributed by atoms with Crippen molar-refractivity contribution in [2.75, 3.05) is 13.2 Å². The van der Waals surface area contributed by atoms with Crippen molar-refractivity contribution in [1.82, 2.24) is 5.43 Å². The average Bonchev–Trinajstić information content (AvgIpc) is 2.57. The number of hydrazine groups is 1. The molecule has 0 fully saturated rings. The van der Waals surface area contributed by atoms with Gasteiger partial charge in [0.05, 0.1) is 6.61 Å². The van der Waals surface area contributed by atoms with Crippen LogP contribution >= 0.6 is 0 Å². The fourth-order valence-corrected chi connectivity index (χ4v) is 2.45. The number of nitrogens with one attached hydrogen (secondary N) is 1. The van der Waals surface area contributed by atoms with Gasteiger partial charge in [-0.1, -0.05) is 64.0 Å². The highest BCUT2D eigenvalue weighted by atomic mass is 16.5. The lowest BCUT2D eigenvalue weighted by atomic mass is 10.1. The van der Waals surface area contributed by atoms with Crippen LogP contribution in [0.3, 0.4) is 0 Å². The van der Waals surface area contributed by atoms with E-state index < -0.39 is 0 Å². The van der Waals surface area contributed by atoms with Gasteiger partial charge in [0, 0.05) is 13.0 Å². The van der Waals surface area contributed by atoms with Crippen LogP contribution in [0.1, 0.15) is 90.4 Å². The minimum absolute atomic E-state index is 0.0575. The third kappa shape index (κ3) is 19.1. The normalized spacial score (nSPS) is 11.2. The molecule has 136 valence electrons. The first kappa shape index (κ1) is 22.1. The summed E-state index contributed by atoms with van der Waals surface area (Å²) in [7, 11) is 0. The highest BCUT2D eigenvalue weighted by Crippen LogP contribution is 2.08. The number of hydrogen-bond acceptors (Lipinski definition) is 3. The molecule has 3 N–H and O–H groups in total. The first-order valence-electron chi connectivity index (χ1n) is 9.53. The molecule has 0 bridgehead atoms. The first-order chi connectivity index (χ1) is 11.3. The summed E-state index contributed by atoms with van der Waals surface area (Å²) in [6.45, 7) is 3.98. The summed E-state index contributed by atoms with van der Waals surface area (Å²) in [5.41, 5.74) is 2.16. The lowest BCUT2D eigenvalue weighted by Gasteiger charge is -2.03. The number of hydrogen-bond donors (Lipinski definition) is 2. The zero-order valence-electron chi connectivity index (χ0n) is 15.2. The SMILES string of the molecule is CCCCC/C=C\CCOCCCCCCCCCC(=O)NN. The van der Waals surface area contributed by atoms with Crippen LogP contribution in [0, 0.1) is 0 Å². The summed E-state index contributed by atoms with van der Waals surface area (Å²) in [5.74, 6) is 4.97. The van der Waals surface area contributed by atoms with E-state index in [1.165, 1.54) is 51.4 Å². The van der Waals surface area contributed by atoms with E-state index in [1.54, 1.807) is 0 Å². The van der Waals surface area contributed by atoms with E-state index >= 15 is 0 Å². The van der Waals surface area contributed by atoms with Crippen molar-refractivity contribution in [2.24, 2.45) is 5.84 Å². The summed E-state index contributed by atoms with van der Waals surface area (Å²) in [5, 5.41) is 0. The molecule has 0 aromatic rings. The maximum Gasteiger partial charge on any atom is 0.233 e. The number of rotatable bonds is 17. The molecular weight excluding hydrogens is 288 g/mol. The standard InChI is InChI=1S/C19H38N2O2/c1-2-3-4-5-8-11-14-17-23-18-15-12-9-6-7-10-13-16-19(22)21-20/h8,11H,2-7,9-10,12-18,20H2,1H3,(H,21,22)/b11-8-. The van der Waals surface area contributed by atoms with Crippen molar-refractivity contribution in [3.8, 4) is 0 Å². The maximum absolute atomic E-state index is 10.9. The molecule has 23 heavy (non-hydrogen) atoms. The minimum atomic E-state index is -0.0575. The van der Waals surface area contributed by atoms with Gasteiger partial charge >= 0.3 is 0 Å². The number of ether oxygens (including phenoxy) is 1. The zero-order valence-corrected chi connectivity index (χ0v) is 15.2. The lowest BCUT2D eigenvalue weighted by molar-refractivity contribution is -0.121. The Bertz CT molecular complexity index is 281. The molecule has 0 saturated heterocycles. The summed E-state index contributed by atoms with van der Waals surface area (Å²) < 4.78 is 5.64. The third-order valence-corrected chi connectivity index (χ3v) is 3.92. The predicted molar refractivity (Wildman–Crippen MR) is 98.0 cm³/mol. The highest BCUT2D eigenvalue weighted by molar-refractivity contribution is 5.74. The quantitative estimate of drug-likeness (QED) is 0.134. The van der Waals surface area contributed by atoms with E-state index in [2.05, 4.69) is 24.5 Å². The summed E-state index contributed by atoms with van der Waals surface area (Å²) in [6.07, 6.45) is 19.5. The smallest absolute Gasteiger partial charge is 0.233 e. The van der Waals surface area contributed by atoms with Gasteiger partial charge < -0.3 is 4.74 Å². The molecule has 0 saturated carbocycles. The van der Waals surface area contributed by atoms with E-state index in [0.29, 0.717) is 6.42 Å². The monoisotopic (exact) mass is 326 g/mol. The topological polar surface area (TPSA) is 64.3 Å². The number of nitrogens with two attached hydrogens (primary N) is 1. The summed E-state index contributed by atoms with van der Waals surface area (Å²) in [6, 6.07) is 0. The van der Waals surface area contributed by atoms with E-state index in [-0.39, 0.29) is 5.91 Å². The molecule has 0 atom stereocenters. The second-order valence-corrected chi connectivity index (χ2v) is 6.16. The summed E-state index contributed by atoms with van der Waals surface area (Å²) in [4.78, 5) is 10.9. The van der Waals surface area contributed by atoms with Crippen molar-refractivity contribution >= 4 is 5.91 Å². The predicted octanol–water partition coefficient (Wildman–Crippen LogP) is 4.64. The Morgan fingerprint density at radius 3 is 2.22 bits per heavy atom. The van der Waals surface area contributed by atoms with Crippen LogP contribution in [0.25, 0.3) is 0 Å². The molecule has 0 heterocycles. The molecule has 4 nitrogen and oxygen atoms in total. The molecule has 0 radical (unpaired) electrons. The molecule has 0 aromatic heterocycles. The van der Waals surface area contributed by atoms with E-state index in [4.69, 9.17) is 10.6 Å². The van der Waals surface area contributed by atoms with Crippen molar-refractivity contribution in [3.05, 3.63) is 12.2 Å². The average molecular weight is 327 g/mol. The van der Waals surface area contributed by atoms with Crippen LogP contribution in [-0.4, -0.2) is 19.1 Å².